The number of carboxylic acids is 3. The average Bonchev–Trinajstić information content (AvgIpc) is 1.68. The Morgan fingerprint density at radius 1 is 0.321 bits per heavy atom. The van der Waals surface area contributed by atoms with Crippen molar-refractivity contribution in [2.24, 2.45) is 40.3 Å². The molecule has 1 aromatic heterocycles. The predicted molar refractivity (Wildman–Crippen MR) is 488 cm³/mol. The molecule has 0 bridgehead atoms. The van der Waals surface area contributed by atoms with Crippen molar-refractivity contribution in [2.75, 3.05) is 19.6 Å². The largest absolute Gasteiger partial charge is 0.481 e. The van der Waals surface area contributed by atoms with Gasteiger partial charge in [0.2, 0.25) is 118 Å². The van der Waals surface area contributed by atoms with Gasteiger partial charge in [0.1, 0.15) is 103 Å². The quantitative estimate of drug-likeness (QED) is 0.0166. The van der Waals surface area contributed by atoms with Crippen LogP contribution in [0.15, 0.2) is 30.5 Å². The van der Waals surface area contributed by atoms with Gasteiger partial charge in [0.15, 0.2) is 11.9 Å². The molecular weight excluding hydrogens is 1810 g/mol. The van der Waals surface area contributed by atoms with Crippen molar-refractivity contribution in [3.8, 4) is 0 Å². The maximum atomic E-state index is 14.3. The van der Waals surface area contributed by atoms with E-state index in [1.54, 1.807) is 44.3 Å². The molecule has 0 aliphatic rings. The molecule has 0 saturated heterocycles. The molecule has 2 rings (SSSR count). The van der Waals surface area contributed by atoms with E-state index in [-0.39, 0.29) is 89.3 Å². The van der Waals surface area contributed by atoms with Crippen LogP contribution in [0.2, 0.25) is 0 Å². The molecule has 0 aliphatic heterocycles. The molecule has 762 valence electrons. The third-order valence-electron chi connectivity index (χ3n) is 20.7. The van der Waals surface area contributed by atoms with E-state index in [1.807, 2.05) is 0 Å². The zero-order chi connectivity index (χ0) is 104. The molecule has 2 aromatic rings. The van der Waals surface area contributed by atoms with Gasteiger partial charge in [-0.25, -0.2) is 0 Å². The number of unbranched alkanes of at least 4 members (excludes halogenated alkanes) is 1. The van der Waals surface area contributed by atoms with E-state index in [9.17, 15) is 126 Å². The number of aromatic amines is 1. The normalized spacial score (nSPS) is 14.7. The number of aliphatic carboxylic acids is 3. The lowest BCUT2D eigenvalue weighted by Crippen LogP contribution is -2.60. The highest BCUT2D eigenvalue weighted by Gasteiger charge is 2.39. The number of para-hydroxylation sites is 1. The number of H-pyrrole nitrogens is 1. The summed E-state index contributed by atoms with van der Waals surface area (Å²) in [7, 11) is 0. The molecule has 137 heavy (non-hydrogen) atoms. The third-order valence-corrected chi connectivity index (χ3v) is 20.7. The molecule has 37 N–H and O–H groups in total. The van der Waals surface area contributed by atoms with Crippen LogP contribution >= 0.6 is 0 Å². The minimum atomic E-state index is -1.81. The van der Waals surface area contributed by atoms with Gasteiger partial charge in [-0.15, -0.1) is 0 Å². The third kappa shape index (κ3) is 46.0. The molecule has 1 heterocycles. The SMILES string of the molecule is CC(=O)N[C@@H](Cc1c[nH]c2ccccc12)C(=O)N[C@@H](CCC(=O)O)C(=O)N[C@@H](C)C(=O)N[C@@H](CCC(N)=O)C(=O)N[C@@H](C)C(=O)N[C@@H](CCCNC(=N)N)C(=O)N[C@@H](CCC(=O)O)C(=O)N[C@@H](C)C(=O)N[C@@H](CC(C)C)C(=O)N[C@@H](C)C(=O)N[C@@H](CCCCN)C(=O)N[C@@H](CCC(=O)O)C(=O)N[C@@H](C)C(=O)N[C@@H](CCC(N)=O)C(=O)N[C@@H](C)C(=O)N[C@@H](CCCNC(=N)N)C(=O)N[C@@H](C)C(N)=O. The number of nitrogens with two attached hydrogens (primary N) is 6. The van der Waals surface area contributed by atoms with Crippen LogP contribution in [-0.4, -0.2) is 291 Å². The first-order valence-electron chi connectivity index (χ1n) is 44.2. The van der Waals surface area contributed by atoms with Crippen LogP contribution < -0.4 is 135 Å². The molecule has 0 spiro atoms. The first-order valence-corrected chi connectivity index (χ1v) is 44.2. The van der Waals surface area contributed by atoms with E-state index in [0.717, 1.165) is 45.5 Å². The number of nitrogens with one attached hydrogen (secondary N) is 22. The molecule has 0 fully saturated rings. The summed E-state index contributed by atoms with van der Waals surface area (Å²) in [5.74, 6) is -25.8. The molecule has 0 saturated carbocycles. The lowest BCUT2D eigenvalue weighted by atomic mass is 10.0. The van der Waals surface area contributed by atoms with Crippen LogP contribution in [0.5, 0.6) is 0 Å². The predicted octanol–water partition coefficient (Wildman–Crippen LogP) is -9.58. The number of hydrogen-bond donors (Lipinski definition) is 31. The van der Waals surface area contributed by atoms with E-state index in [4.69, 9.17) is 45.2 Å². The fraction of sp³-hybridized carbons (Fsp3) is 0.602. The molecule has 0 aliphatic carbocycles. The Balaban J connectivity index is 2.35. The monoisotopic (exact) mass is 1940 g/mol. The van der Waals surface area contributed by atoms with Crippen LogP contribution in [0.25, 0.3) is 10.9 Å². The van der Waals surface area contributed by atoms with Gasteiger partial charge in [0.05, 0.1) is 0 Å². The maximum absolute atomic E-state index is 14.3. The van der Waals surface area contributed by atoms with Crippen molar-refractivity contribution in [3.05, 3.63) is 36.0 Å². The van der Waals surface area contributed by atoms with Gasteiger partial charge < -0.3 is 156 Å². The molecule has 54 heteroatoms. The number of aromatic nitrogens is 1. The highest BCUT2D eigenvalue weighted by molar-refractivity contribution is 6.02. The molecule has 54 nitrogen and oxygen atoms in total. The summed E-state index contributed by atoms with van der Waals surface area (Å²) in [6, 6.07) is -19.4. The van der Waals surface area contributed by atoms with Gasteiger partial charge in [-0.05, 0) is 156 Å². The molecule has 0 unspecified atom stereocenters. The van der Waals surface area contributed by atoms with Crippen LogP contribution in [0.1, 0.15) is 190 Å². The van der Waals surface area contributed by atoms with Crippen molar-refractivity contribution < 1.29 is 126 Å². The second kappa shape index (κ2) is 60.3. The fourth-order valence-corrected chi connectivity index (χ4v) is 13.0. The number of carbonyl (C=O) groups is 23. The standard InChI is InChI=1S/C83H134N28O26/c1-38(2)35-58(80(136)101-44(8)68(124)103-50(19-13-14-32-84)78(134)108-55(24-29-62(115)116)75(131)98-42(6)69(125)106-53(22-27-60(85)113)73(129)96-40(4)66(122)104-51(20-15-33-92-82(88)89)72(128)95-39(3)65(87)121)111-71(127)45(9)100-76(132)56(25-30-63(117)118)109-79(135)52(21-16-34-93-83(90)91)105-67(123)41(5)97-74(130)54(23-28-61(86)114)107-70(126)43(7)99-77(133)57(26-31-64(119)120)110-81(137)59(102-46(10)112)36-47-37-94-49-18-12-11-17-48(47)49/h11-12,17-18,37-45,50-59,94H,13-16,19-36,84H2,1-10H3,(H2,85,113)(H2,86,114)(H2,87,121)(H,95,128)(H,96,129)(H,97,130)(H,98,131)(H,99,133)(H,100,132)(H,101,136)(H,102,112)(H,103,124)(H,104,122)(H,105,123)(H,106,125)(H,107,126)(H,108,134)(H,109,135)(H,110,137)(H,111,127)(H,115,116)(H,117,118)(H,119,120)(H4,88,89,92)(H4,90,91,93)/t39-,40-,41-,42-,43-,44-,45-,50-,51-,52-,53-,54-,55-,56-,57-,58-,59-/m0/s1. The first kappa shape index (κ1) is 118. The first-order chi connectivity index (χ1) is 64.1. The summed E-state index contributed by atoms with van der Waals surface area (Å²) in [6.07, 6.45) is -4.71. The number of carbonyl (C=O) groups excluding carboxylic acids is 20. The van der Waals surface area contributed by atoms with Gasteiger partial charge in [-0.3, -0.25) is 121 Å². The number of fused-ring (bicyclic) bond motifs is 1. The number of primary amides is 3. The summed E-state index contributed by atoms with van der Waals surface area (Å²) >= 11 is 0. The van der Waals surface area contributed by atoms with Crippen molar-refractivity contribution in [1.82, 2.24) is 106 Å². The summed E-state index contributed by atoms with van der Waals surface area (Å²) < 4.78 is 0. The minimum absolute atomic E-state index is 0.0548. The summed E-state index contributed by atoms with van der Waals surface area (Å²) in [6.45, 7) is 12.8. The van der Waals surface area contributed by atoms with E-state index in [1.165, 1.54) is 20.8 Å². The molecule has 1 aromatic carbocycles. The Labute approximate surface area is 788 Å². The fourth-order valence-electron chi connectivity index (χ4n) is 13.0. The lowest BCUT2D eigenvalue weighted by molar-refractivity contribution is -0.139. The number of carboxylic acid groups (broad SMARTS) is 3. The van der Waals surface area contributed by atoms with E-state index in [0.29, 0.717) is 5.56 Å². The summed E-state index contributed by atoms with van der Waals surface area (Å²) in [5, 5.41) is 90.4. The van der Waals surface area contributed by atoms with Gasteiger partial charge in [0, 0.05) is 75.6 Å². The van der Waals surface area contributed by atoms with Crippen LogP contribution in [0, 0.1) is 16.7 Å². The van der Waals surface area contributed by atoms with Crippen molar-refractivity contribution in [2.45, 2.75) is 294 Å². The van der Waals surface area contributed by atoms with Gasteiger partial charge in [-0.1, -0.05) is 32.0 Å². The average molecular weight is 1940 g/mol. The zero-order valence-corrected chi connectivity index (χ0v) is 78.0. The molecule has 0 radical (unpaired) electrons. The van der Waals surface area contributed by atoms with E-state index < -0.39 is 309 Å². The maximum Gasteiger partial charge on any atom is 0.303 e. The lowest BCUT2D eigenvalue weighted by Gasteiger charge is -2.27. The topological polar surface area (TPSA) is 901 Å². The van der Waals surface area contributed by atoms with Gasteiger partial charge >= 0.3 is 17.9 Å². The van der Waals surface area contributed by atoms with Crippen LogP contribution in [0.4, 0.5) is 0 Å². The molecule has 17 atom stereocenters. The van der Waals surface area contributed by atoms with Crippen molar-refractivity contribution in [3.63, 3.8) is 0 Å². The number of guanidine groups is 2. The second-order valence-electron chi connectivity index (χ2n) is 33.1. The zero-order valence-electron chi connectivity index (χ0n) is 78.0. The van der Waals surface area contributed by atoms with Crippen molar-refractivity contribution >= 4 is 159 Å². The second-order valence-corrected chi connectivity index (χ2v) is 33.1. The minimum Gasteiger partial charge on any atom is -0.481 e. The molecular formula is C83H134N28O26. The Bertz CT molecular complexity index is 4630. The highest BCUT2D eigenvalue weighted by Crippen LogP contribution is 2.20. The summed E-state index contributed by atoms with van der Waals surface area (Å²) in [4.78, 5) is 310. The number of hydrogen-bond acceptors (Lipinski definition) is 26. The van der Waals surface area contributed by atoms with Gasteiger partial charge in [0.25, 0.3) is 0 Å². The Morgan fingerprint density at radius 3 is 0.869 bits per heavy atom. The number of amides is 20. The number of rotatable bonds is 65. The van der Waals surface area contributed by atoms with Crippen molar-refractivity contribution in [1.29, 1.82) is 10.8 Å². The van der Waals surface area contributed by atoms with Crippen LogP contribution in [-0.2, 0) is 117 Å². The Morgan fingerprint density at radius 2 is 0.584 bits per heavy atom. The van der Waals surface area contributed by atoms with Gasteiger partial charge in [-0.2, -0.15) is 0 Å². The smallest absolute Gasteiger partial charge is 0.303 e. The highest BCUT2D eigenvalue weighted by atomic mass is 16.4. The Kier molecular flexibility index (Phi) is 52.0. The molecule has 20 amide bonds. The van der Waals surface area contributed by atoms with E-state index >= 15 is 0 Å². The number of benzene rings is 1. The van der Waals surface area contributed by atoms with E-state index in [2.05, 4.69) is 106 Å². The Hall–Kier alpha value is -14.9. The summed E-state index contributed by atoms with van der Waals surface area (Å²) in [5.41, 5.74) is 33.9. The van der Waals surface area contributed by atoms with Crippen LogP contribution in [0.3, 0.4) is 0 Å².